The van der Waals surface area contributed by atoms with Gasteiger partial charge in [-0.15, -0.1) is 0 Å². The van der Waals surface area contributed by atoms with Crippen LogP contribution in [-0.2, 0) is 4.79 Å². The third kappa shape index (κ3) is 3.07. The first kappa shape index (κ1) is 13.7. The van der Waals surface area contributed by atoms with E-state index in [0.29, 0.717) is 13.1 Å². The van der Waals surface area contributed by atoms with E-state index in [9.17, 15) is 9.18 Å². The number of hydrogen-bond donors (Lipinski definition) is 1. The van der Waals surface area contributed by atoms with E-state index in [4.69, 9.17) is 10.4 Å². The summed E-state index contributed by atoms with van der Waals surface area (Å²) < 4.78 is 12.8. The summed E-state index contributed by atoms with van der Waals surface area (Å²) >= 11 is 0. The Labute approximate surface area is 100 Å². The number of carbonyl (C=O) groups excluding carboxylic acids is 1. The maximum absolute atomic E-state index is 12.8. The molecule has 6 heteroatoms. The Kier molecular flexibility index (Phi) is 4.70. The third-order valence-corrected chi connectivity index (χ3v) is 3.15. The van der Waals surface area contributed by atoms with E-state index in [1.807, 2.05) is 0 Å². The van der Waals surface area contributed by atoms with Crippen molar-refractivity contribution in [2.75, 3.05) is 32.9 Å². The molecule has 0 saturated carbocycles. The lowest BCUT2D eigenvalue weighted by Crippen LogP contribution is -2.52. The normalized spacial score (nSPS) is 18.6. The van der Waals surface area contributed by atoms with Crippen molar-refractivity contribution in [1.29, 1.82) is 5.26 Å². The molecule has 1 amide bonds. The molecule has 1 aliphatic rings. The van der Waals surface area contributed by atoms with Crippen molar-refractivity contribution in [3.63, 3.8) is 0 Å². The van der Waals surface area contributed by atoms with Crippen molar-refractivity contribution in [3.05, 3.63) is 0 Å². The number of nitriles is 1. The van der Waals surface area contributed by atoms with Crippen LogP contribution in [0.4, 0.5) is 4.39 Å². The van der Waals surface area contributed by atoms with Crippen LogP contribution >= 0.6 is 0 Å². The molecule has 0 aromatic rings. The summed E-state index contributed by atoms with van der Waals surface area (Å²) in [5.74, 6) is -0.183. The van der Waals surface area contributed by atoms with Crippen LogP contribution in [0.15, 0.2) is 0 Å². The average Bonchev–Trinajstić information content (AvgIpc) is 2.88. The predicted molar refractivity (Wildman–Crippen MR) is 59.6 cm³/mol. The SMILES string of the molecule is CC(CO)(CF)N(C#N)CC(=O)N1CCCC1. The summed E-state index contributed by atoms with van der Waals surface area (Å²) in [5.41, 5.74) is -1.30. The number of rotatable bonds is 5. The molecule has 1 unspecified atom stereocenters. The zero-order valence-electron chi connectivity index (χ0n) is 10.0. The predicted octanol–water partition coefficient (Wildman–Crippen LogP) is 0.112. The van der Waals surface area contributed by atoms with Gasteiger partial charge in [0.15, 0.2) is 6.19 Å². The number of aliphatic hydroxyl groups excluding tert-OH is 1. The molecule has 1 aliphatic heterocycles. The number of aliphatic hydroxyl groups is 1. The fourth-order valence-electron chi connectivity index (χ4n) is 1.75. The van der Waals surface area contributed by atoms with Gasteiger partial charge in [0, 0.05) is 13.1 Å². The van der Waals surface area contributed by atoms with Gasteiger partial charge < -0.3 is 10.0 Å². The first-order valence-electron chi connectivity index (χ1n) is 5.69. The molecule has 96 valence electrons. The molecule has 1 saturated heterocycles. The number of carbonyl (C=O) groups is 1. The van der Waals surface area contributed by atoms with E-state index in [2.05, 4.69) is 0 Å². The van der Waals surface area contributed by atoms with Crippen LogP contribution < -0.4 is 0 Å². The Bertz CT molecular complexity index is 306. The van der Waals surface area contributed by atoms with Crippen LogP contribution in [0, 0.1) is 11.5 Å². The highest BCUT2D eigenvalue weighted by Crippen LogP contribution is 2.16. The van der Waals surface area contributed by atoms with E-state index >= 15 is 0 Å². The van der Waals surface area contributed by atoms with E-state index < -0.39 is 18.8 Å². The number of alkyl halides is 1. The summed E-state index contributed by atoms with van der Waals surface area (Å²) in [6, 6.07) is 0. The van der Waals surface area contributed by atoms with Crippen molar-refractivity contribution >= 4 is 5.91 Å². The Hall–Kier alpha value is -1.35. The quantitative estimate of drug-likeness (QED) is 0.550. The van der Waals surface area contributed by atoms with Gasteiger partial charge in [-0.3, -0.25) is 9.69 Å². The number of hydrogen-bond acceptors (Lipinski definition) is 4. The van der Waals surface area contributed by atoms with Gasteiger partial charge in [0.2, 0.25) is 5.91 Å². The van der Waals surface area contributed by atoms with Crippen LogP contribution in [-0.4, -0.2) is 59.3 Å². The maximum atomic E-state index is 12.8. The van der Waals surface area contributed by atoms with Gasteiger partial charge in [-0.1, -0.05) is 0 Å². The fourth-order valence-corrected chi connectivity index (χ4v) is 1.75. The van der Waals surface area contributed by atoms with Crippen LogP contribution in [0.1, 0.15) is 19.8 Å². The molecule has 1 fully saturated rings. The molecule has 1 rings (SSSR count). The minimum absolute atomic E-state index is 0.169. The van der Waals surface area contributed by atoms with Gasteiger partial charge in [-0.2, -0.15) is 5.26 Å². The third-order valence-electron chi connectivity index (χ3n) is 3.15. The zero-order chi connectivity index (χ0) is 12.9. The highest BCUT2D eigenvalue weighted by Gasteiger charge is 2.33. The van der Waals surface area contributed by atoms with E-state index in [1.165, 1.54) is 6.92 Å². The Morgan fingerprint density at radius 2 is 2.18 bits per heavy atom. The molecule has 0 aromatic carbocycles. The first-order valence-corrected chi connectivity index (χ1v) is 5.69. The second-order valence-electron chi connectivity index (χ2n) is 4.56. The second kappa shape index (κ2) is 5.82. The smallest absolute Gasteiger partial charge is 0.242 e. The topological polar surface area (TPSA) is 67.6 Å². The summed E-state index contributed by atoms with van der Waals surface area (Å²) in [4.78, 5) is 14.5. The van der Waals surface area contributed by atoms with Gasteiger partial charge in [-0.25, -0.2) is 4.39 Å². The molecule has 0 radical (unpaired) electrons. The molecule has 0 aliphatic carbocycles. The molecule has 1 atom stereocenters. The van der Waals surface area contributed by atoms with Gasteiger partial charge >= 0.3 is 0 Å². The molecule has 0 bridgehead atoms. The molecule has 5 nitrogen and oxygen atoms in total. The van der Waals surface area contributed by atoms with Crippen LogP contribution in [0.5, 0.6) is 0 Å². The zero-order valence-corrected chi connectivity index (χ0v) is 10.0. The largest absolute Gasteiger partial charge is 0.394 e. The Balaban J connectivity index is 2.63. The van der Waals surface area contributed by atoms with Crippen LogP contribution in [0.25, 0.3) is 0 Å². The summed E-state index contributed by atoms with van der Waals surface area (Å²) in [6.07, 6.45) is 3.73. The van der Waals surface area contributed by atoms with Crippen molar-refractivity contribution in [3.8, 4) is 6.19 Å². The maximum Gasteiger partial charge on any atom is 0.242 e. The minimum Gasteiger partial charge on any atom is -0.394 e. The lowest BCUT2D eigenvalue weighted by atomic mass is 10.0. The molecule has 1 heterocycles. The van der Waals surface area contributed by atoms with Crippen molar-refractivity contribution in [1.82, 2.24) is 9.80 Å². The average molecular weight is 243 g/mol. The van der Waals surface area contributed by atoms with Gasteiger partial charge in [0.1, 0.15) is 13.2 Å². The lowest BCUT2D eigenvalue weighted by molar-refractivity contribution is -0.132. The minimum atomic E-state index is -1.30. The van der Waals surface area contributed by atoms with Crippen LogP contribution in [0.3, 0.4) is 0 Å². The Morgan fingerprint density at radius 1 is 1.59 bits per heavy atom. The van der Waals surface area contributed by atoms with Gasteiger partial charge in [-0.05, 0) is 19.8 Å². The fraction of sp³-hybridized carbons (Fsp3) is 0.818. The van der Waals surface area contributed by atoms with E-state index in [-0.39, 0.29) is 12.5 Å². The monoisotopic (exact) mass is 243 g/mol. The number of likely N-dealkylation sites (tertiary alicyclic amines) is 1. The second-order valence-corrected chi connectivity index (χ2v) is 4.56. The molecular weight excluding hydrogens is 225 g/mol. The Morgan fingerprint density at radius 3 is 2.59 bits per heavy atom. The number of halogens is 1. The van der Waals surface area contributed by atoms with Crippen molar-refractivity contribution < 1.29 is 14.3 Å². The molecule has 0 aromatic heterocycles. The highest BCUT2D eigenvalue weighted by atomic mass is 19.1. The van der Waals surface area contributed by atoms with Crippen molar-refractivity contribution in [2.24, 2.45) is 0 Å². The molecule has 1 N–H and O–H groups in total. The highest BCUT2D eigenvalue weighted by molar-refractivity contribution is 5.78. The standard InChI is InChI=1S/C11H18FN3O2/c1-11(7-12,8-16)15(9-13)6-10(17)14-4-2-3-5-14/h16H,2-8H2,1H3. The lowest BCUT2D eigenvalue weighted by Gasteiger charge is -2.33. The first-order chi connectivity index (χ1) is 8.07. The van der Waals surface area contributed by atoms with E-state index in [0.717, 1.165) is 17.7 Å². The van der Waals surface area contributed by atoms with Gasteiger partial charge in [0.25, 0.3) is 0 Å². The molecule has 17 heavy (non-hydrogen) atoms. The number of nitrogens with zero attached hydrogens (tertiary/aromatic N) is 3. The van der Waals surface area contributed by atoms with E-state index in [1.54, 1.807) is 11.1 Å². The van der Waals surface area contributed by atoms with Crippen LogP contribution in [0.2, 0.25) is 0 Å². The van der Waals surface area contributed by atoms with Gasteiger partial charge in [0.05, 0.1) is 12.1 Å². The summed E-state index contributed by atoms with van der Waals surface area (Å²) in [7, 11) is 0. The van der Waals surface area contributed by atoms with Crippen molar-refractivity contribution in [2.45, 2.75) is 25.3 Å². The summed E-state index contributed by atoms with van der Waals surface area (Å²) in [5, 5.41) is 18.1. The molecular formula is C11H18FN3O2. The summed E-state index contributed by atoms with van der Waals surface area (Å²) in [6.45, 7) is 1.28. The number of amides is 1. The molecule has 0 spiro atoms.